The Morgan fingerprint density at radius 1 is 1.23 bits per heavy atom. The molecule has 2 aromatic carbocycles. The van der Waals surface area contributed by atoms with E-state index < -0.39 is 6.04 Å². The number of rotatable bonds is 5. The molecule has 0 spiro atoms. The summed E-state index contributed by atoms with van der Waals surface area (Å²) < 4.78 is 5.23. The average molecular weight is 294 g/mol. The van der Waals surface area contributed by atoms with Crippen LogP contribution in [0.2, 0.25) is 0 Å². The molecule has 22 heavy (non-hydrogen) atoms. The smallest absolute Gasteiger partial charge is 0.225 e. The summed E-state index contributed by atoms with van der Waals surface area (Å²) in [6.45, 7) is 1.98. The van der Waals surface area contributed by atoms with E-state index in [0.29, 0.717) is 5.75 Å². The van der Waals surface area contributed by atoms with Crippen LogP contribution in [0.3, 0.4) is 0 Å². The van der Waals surface area contributed by atoms with Crippen LogP contribution in [0.15, 0.2) is 48.5 Å². The van der Waals surface area contributed by atoms with Gasteiger partial charge in [0.1, 0.15) is 11.8 Å². The summed E-state index contributed by atoms with van der Waals surface area (Å²) in [6, 6.07) is 16.4. The Kier molecular flexibility index (Phi) is 5.16. The SMILES string of the molecule is COc1ccccc1CC(=O)NC(C#N)c1ccc(C)cc1. The number of amides is 1. The van der Waals surface area contributed by atoms with Gasteiger partial charge < -0.3 is 10.1 Å². The van der Waals surface area contributed by atoms with E-state index >= 15 is 0 Å². The maximum atomic E-state index is 12.2. The van der Waals surface area contributed by atoms with E-state index in [1.165, 1.54) is 0 Å². The Labute approximate surface area is 130 Å². The molecule has 4 nitrogen and oxygen atoms in total. The summed E-state index contributed by atoms with van der Waals surface area (Å²) in [6.07, 6.45) is 0.175. The standard InChI is InChI=1S/C18H18N2O2/c1-13-7-9-14(10-8-13)16(12-19)20-18(21)11-15-5-3-4-6-17(15)22-2/h3-10,16H,11H2,1-2H3,(H,20,21). The van der Waals surface area contributed by atoms with Gasteiger partial charge in [-0.1, -0.05) is 48.0 Å². The quantitative estimate of drug-likeness (QED) is 0.922. The highest BCUT2D eigenvalue weighted by molar-refractivity contribution is 5.80. The molecule has 112 valence electrons. The minimum absolute atomic E-state index is 0.175. The molecule has 0 heterocycles. The number of para-hydroxylation sites is 1. The molecule has 0 saturated heterocycles. The maximum Gasteiger partial charge on any atom is 0.225 e. The maximum absolute atomic E-state index is 12.2. The number of methoxy groups -OCH3 is 1. The van der Waals surface area contributed by atoms with Crippen molar-refractivity contribution in [3.8, 4) is 11.8 Å². The van der Waals surface area contributed by atoms with E-state index in [1.807, 2.05) is 55.5 Å². The van der Waals surface area contributed by atoms with Gasteiger partial charge in [0.05, 0.1) is 19.6 Å². The van der Waals surface area contributed by atoms with Crippen molar-refractivity contribution in [3.63, 3.8) is 0 Å². The van der Waals surface area contributed by atoms with Crippen LogP contribution in [-0.4, -0.2) is 13.0 Å². The molecule has 4 heteroatoms. The van der Waals surface area contributed by atoms with Crippen molar-refractivity contribution >= 4 is 5.91 Å². The first kappa shape index (κ1) is 15.6. The van der Waals surface area contributed by atoms with Crippen LogP contribution in [0.5, 0.6) is 5.75 Å². The zero-order valence-corrected chi connectivity index (χ0v) is 12.7. The first-order valence-electron chi connectivity index (χ1n) is 7.01. The summed E-state index contributed by atoms with van der Waals surface area (Å²) in [5, 5.41) is 12.0. The fourth-order valence-electron chi connectivity index (χ4n) is 2.18. The van der Waals surface area contributed by atoms with Gasteiger partial charge in [-0.15, -0.1) is 0 Å². The zero-order valence-electron chi connectivity index (χ0n) is 12.7. The number of nitrogens with one attached hydrogen (secondary N) is 1. The van der Waals surface area contributed by atoms with Gasteiger partial charge in [0.2, 0.25) is 5.91 Å². The average Bonchev–Trinajstić information content (AvgIpc) is 2.54. The number of aryl methyl sites for hydroxylation is 1. The van der Waals surface area contributed by atoms with Crippen molar-refractivity contribution in [2.45, 2.75) is 19.4 Å². The van der Waals surface area contributed by atoms with E-state index in [2.05, 4.69) is 11.4 Å². The van der Waals surface area contributed by atoms with Crippen LogP contribution in [0.25, 0.3) is 0 Å². The second kappa shape index (κ2) is 7.28. The molecule has 0 aliphatic carbocycles. The number of carbonyl (C=O) groups is 1. The van der Waals surface area contributed by atoms with Gasteiger partial charge in [-0.25, -0.2) is 0 Å². The van der Waals surface area contributed by atoms with Crippen molar-refractivity contribution in [3.05, 3.63) is 65.2 Å². The molecule has 0 bridgehead atoms. The topological polar surface area (TPSA) is 62.1 Å². The van der Waals surface area contributed by atoms with Crippen LogP contribution < -0.4 is 10.1 Å². The lowest BCUT2D eigenvalue weighted by Gasteiger charge is -2.13. The van der Waals surface area contributed by atoms with Crippen molar-refractivity contribution < 1.29 is 9.53 Å². The summed E-state index contributed by atoms with van der Waals surface area (Å²) in [5.74, 6) is 0.457. The molecule has 1 amide bonds. The fraction of sp³-hybridized carbons (Fsp3) is 0.222. The Balaban J connectivity index is 2.07. The lowest BCUT2D eigenvalue weighted by atomic mass is 10.1. The van der Waals surface area contributed by atoms with Gasteiger partial charge in [0, 0.05) is 5.56 Å². The van der Waals surface area contributed by atoms with Crippen LogP contribution in [0.4, 0.5) is 0 Å². The van der Waals surface area contributed by atoms with Crippen LogP contribution in [0.1, 0.15) is 22.7 Å². The molecule has 0 fully saturated rings. The highest BCUT2D eigenvalue weighted by Crippen LogP contribution is 2.18. The van der Waals surface area contributed by atoms with E-state index in [-0.39, 0.29) is 12.3 Å². The third-order valence-electron chi connectivity index (χ3n) is 3.39. The summed E-state index contributed by atoms with van der Waals surface area (Å²) >= 11 is 0. The minimum atomic E-state index is -0.650. The van der Waals surface area contributed by atoms with Crippen LogP contribution >= 0.6 is 0 Å². The van der Waals surface area contributed by atoms with Gasteiger partial charge in [-0.05, 0) is 18.6 Å². The number of hydrogen-bond donors (Lipinski definition) is 1. The second-order valence-electron chi connectivity index (χ2n) is 5.03. The number of benzene rings is 2. The third-order valence-corrected chi connectivity index (χ3v) is 3.39. The lowest BCUT2D eigenvalue weighted by molar-refractivity contribution is -0.120. The van der Waals surface area contributed by atoms with Crippen molar-refractivity contribution in [1.82, 2.24) is 5.32 Å². The van der Waals surface area contributed by atoms with Crippen molar-refractivity contribution in [2.24, 2.45) is 0 Å². The van der Waals surface area contributed by atoms with Gasteiger partial charge in [-0.2, -0.15) is 5.26 Å². The molecule has 0 saturated carbocycles. The number of nitriles is 1. The molecule has 0 aliphatic rings. The third kappa shape index (κ3) is 3.86. The fourth-order valence-corrected chi connectivity index (χ4v) is 2.18. The Morgan fingerprint density at radius 3 is 2.55 bits per heavy atom. The van der Waals surface area contributed by atoms with Crippen molar-refractivity contribution in [1.29, 1.82) is 5.26 Å². The van der Waals surface area contributed by atoms with Crippen LogP contribution in [-0.2, 0) is 11.2 Å². The number of carbonyl (C=O) groups excluding carboxylic acids is 1. The van der Waals surface area contributed by atoms with Crippen molar-refractivity contribution in [2.75, 3.05) is 7.11 Å². The normalized spacial score (nSPS) is 11.3. The second-order valence-corrected chi connectivity index (χ2v) is 5.03. The first-order chi connectivity index (χ1) is 10.6. The molecule has 1 unspecified atom stereocenters. The summed E-state index contributed by atoms with van der Waals surface area (Å²) in [5.41, 5.74) is 2.69. The summed E-state index contributed by atoms with van der Waals surface area (Å²) in [4.78, 5) is 12.2. The van der Waals surface area contributed by atoms with E-state index in [9.17, 15) is 10.1 Å². The van der Waals surface area contributed by atoms with E-state index in [0.717, 1.165) is 16.7 Å². The molecule has 0 radical (unpaired) electrons. The molecule has 2 aromatic rings. The molecule has 0 aromatic heterocycles. The lowest BCUT2D eigenvalue weighted by Crippen LogP contribution is -2.29. The summed E-state index contributed by atoms with van der Waals surface area (Å²) in [7, 11) is 1.57. The van der Waals surface area contributed by atoms with Gasteiger partial charge in [-0.3, -0.25) is 4.79 Å². The first-order valence-corrected chi connectivity index (χ1v) is 7.01. The predicted molar refractivity (Wildman–Crippen MR) is 84.4 cm³/mol. The molecular weight excluding hydrogens is 276 g/mol. The Hall–Kier alpha value is -2.80. The van der Waals surface area contributed by atoms with Crippen LogP contribution in [0, 0.1) is 18.3 Å². The number of ether oxygens (including phenoxy) is 1. The Morgan fingerprint density at radius 2 is 1.91 bits per heavy atom. The van der Waals surface area contributed by atoms with Gasteiger partial charge in [0.25, 0.3) is 0 Å². The predicted octanol–water partition coefficient (Wildman–Crippen LogP) is 2.93. The highest BCUT2D eigenvalue weighted by Gasteiger charge is 2.15. The number of hydrogen-bond acceptors (Lipinski definition) is 3. The monoisotopic (exact) mass is 294 g/mol. The molecule has 1 N–H and O–H groups in total. The van der Waals surface area contributed by atoms with Gasteiger partial charge >= 0.3 is 0 Å². The zero-order chi connectivity index (χ0) is 15.9. The molecule has 1 atom stereocenters. The number of nitrogens with zero attached hydrogens (tertiary/aromatic N) is 1. The molecular formula is C18H18N2O2. The van der Waals surface area contributed by atoms with Gasteiger partial charge in [0.15, 0.2) is 0 Å². The largest absolute Gasteiger partial charge is 0.496 e. The highest BCUT2D eigenvalue weighted by atomic mass is 16.5. The molecule has 2 rings (SSSR count). The molecule has 0 aliphatic heterocycles. The Bertz CT molecular complexity index is 687. The minimum Gasteiger partial charge on any atom is -0.496 e. The van der Waals surface area contributed by atoms with E-state index in [4.69, 9.17) is 4.74 Å². The van der Waals surface area contributed by atoms with E-state index in [1.54, 1.807) is 7.11 Å².